The number of piperidine rings is 1. The van der Waals surface area contributed by atoms with Gasteiger partial charge >= 0.3 is 18.0 Å². The molecule has 0 atom stereocenters. The van der Waals surface area contributed by atoms with Crippen molar-refractivity contribution in [2.75, 3.05) is 13.1 Å². The second kappa shape index (κ2) is 7.41. The quantitative estimate of drug-likeness (QED) is 0.663. The molecule has 0 aliphatic carbocycles. The van der Waals surface area contributed by atoms with Gasteiger partial charge in [-0.1, -0.05) is 6.07 Å². The lowest BCUT2D eigenvalue weighted by molar-refractivity contribution is -0.147. The molecule has 0 bridgehead atoms. The largest absolute Gasteiger partial charge is 0.451 e. The van der Waals surface area contributed by atoms with E-state index in [4.69, 9.17) is 0 Å². The third-order valence-electron chi connectivity index (χ3n) is 4.83. The van der Waals surface area contributed by atoms with Crippen LogP contribution in [-0.4, -0.2) is 40.2 Å². The maximum absolute atomic E-state index is 12.9. The third-order valence-corrected chi connectivity index (χ3v) is 6.72. The van der Waals surface area contributed by atoms with Gasteiger partial charge in [0.05, 0.1) is 16.5 Å². The Hall–Kier alpha value is -2.35. The van der Waals surface area contributed by atoms with E-state index < -0.39 is 50.4 Å². The summed E-state index contributed by atoms with van der Waals surface area (Å²) in [5, 5.41) is 3.34. The summed E-state index contributed by atoms with van der Waals surface area (Å²) in [4.78, 5) is 11.6. The summed E-state index contributed by atoms with van der Waals surface area (Å²) in [6.07, 6.45) is -9.58. The topological polar surface area (TPSA) is 77.2 Å². The van der Waals surface area contributed by atoms with E-state index in [2.05, 4.69) is 5.10 Å². The minimum atomic E-state index is -4.83. The number of aromatic nitrogens is 3. The van der Waals surface area contributed by atoms with Gasteiger partial charge in [-0.05, 0) is 31.0 Å². The van der Waals surface area contributed by atoms with Gasteiger partial charge < -0.3 is 0 Å². The molecule has 14 heteroatoms. The molecule has 1 aliphatic rings. The van der Waals surface area contributed by atoms with E-state index in [1.54, 1.807) is 0 Å². The second-order valence-corrected chi connectivity index (χ2v) is 8.71. The number of hydrogen-bond acceptors (Lipinski definition) is 4. The number of alkyl halides is 6. The molecule has 2 aromatic rings. The molecule has 1 aromatic heterocycles. The molecule has 0 saturated carbocycles. The molecule has 1 fully saturated rings. The van der Waals surface area contributed by atoms with Crippen LogP contribution < -0.4 is 5.69 Å². The number of rotatable bonds is 3. The smallest absolute Gasteiger partial charge is 0.274 e. The van der Waals surface area contributed by atoms with E-state index in [0.717, 1.165) is 29.6 Å². The van der Waals surface area contributed by atoms with Crippen molar-refractivity contribution in [3.8, 4) is 0 Å². The van der Waals surface area contributed by atoms with Crippen LogP contribution in [0, 0.1) is 0 Å². The van der Waals surface area contributed by atoms with E-state index in [1.807, 2.05) is 0 Å². The normalized spacial score (nSPS) is 17.4. The zero-order valence-corrected chi connectivity index (χ0v) is 16.2. The summed E-state index contributed by atoms with van der Waals surface area (Å²) in [6.45, 7) is -0.374. The first-order valence-corrected chi connectivity index (χ1v) is 10.1. The Bertz CT molecular complexity index is 1100. The minimum Gasteiger partial charge on any atom is -0.274 e. The van der Waals surface area contributed by atoms with E-state index in [-0.39, 0.29) is 25.9 Å². The molecule has 1 saturated heterocycles. The van der Waals surface area contributed by atoms with Crippen LogP contribution >= 0.6 is 0 Å². The average Bonchev–Trinajstić information content (AvgIpc) is 2.96. The number of halogens is 6. The number of benzene rings is 1. The highest BCUT2D eigenvalue weighted by Gasteiger charge is 2.40. The highest BCUT2D eigenvalue weighted by atomic mass is 32.2. The van der Waals surface area contributed by atoms with Gasteiger partial charge in [-0.3, -0.25) is 4.57 Å². The first-order valence-electron chi connectivity index (χ1n) is 8.63. The summed E-state index contributed by atoms with van der Waals surface area (Å²) in [7, 11) is -3.31. The molecule has 0 radical (unpaired) electrons. The lowest BCUT2D eigenvalue weighted by Gasteiger charge is -2.30. The van der Waals surface area contributed by atoms with Gasteiger partial charge in [0.2, 0.25) is 15.8 Å². The first kappa shape index (κ1) is 22.3. The van der Waals surface area contributed by atoms with Crippen molar-refractivity contribution in [2.24, 2.45) is 7.05 Å². The summed E-state index contributed by atoms with van der Waals surface area (Å²) in [5.41, 5.74) is -2.10. The molecule has 1 aromatic carbocycles. The van der Waals surface area contributed by atoms with Crippen molar-refractivity contribution in [3.63, 3.8) is 0 Å². The zero-order valence-electron chi connectivity index (χ0n) is 15.4. The highest BCUT2D eigenvalue weighted by Crippen LogP contribution is 2.33. The molecule has 0 N–H and O–H groups in total. The second-order valence-electron chi connectivity index (χ2n) is 6.77. The summed E-state index contributed by atoms with van der Waals surface area (Å²) in [5.74, 6) is -1.37. The fraction of sp³-hybridized carbons (Fsp3) is 0.500. The van der Waals surface area contributed by atoms with Crippen molar-refractivity contribution in [3.05, 3.63) is 46.1 Å². The van der Waals surface area contributed by atoms with Crippen LogP contribution in [0.25, 0.3) is 0 Å². The molecule has 0 spiro atoms. The van der Waals surface area contributed by atoms with Gasteiger partial charge in [0, 0.05) is 20.1 Å². The van der Waals surface area contributed by atoms with E-state index >= 15 is 0 Å². The van der Waals surface area contributed by atoms with Crippen molar-refractivity contribution >= 4 is 10.0 Å². The zero-order chi connectivity index (χ0) is 22.5. The fourth-order valence-corrected chi connectivity index (χ4v) is 4.77. The SMILES string of the molecule is Cn1c(C(F)(F)F)nn(C2CCN(S(=O)(=O)c3cccc(C(F)(F)F)c3)CC2)c1=O. The molecule has 1 aliphatic heterocycles. The molecular weight excluding hydrogens is 442 g/mol. The van der Waals surface area contributed by atoms with Crippen molar-refractivity contribution in [1.82, 2.24) is 18.7 Å². The molecule has 7 nitrogen and oxygen atoms in total. The Morgan fingerprint density at radius 3 is 2.13 bits per heavy atom. The third kappa shape index (κ3) is 4.10. The average molecular weight is 458 g/mol. The summed E-state index contributed by atoms with van der Waals surface area (Å²) in [6, 6.07) is 2.52. The van der Waals surface area contributed by atoms with Crippen molar-refractivity contribution < 1.29 is 34.8 Å². The Labute approximate surface area is 166 Å². The van der Waals surface area contributed by atoms with E-state index in [9.17, 15) is 39.6 Å². The fourth-order valence-electron chi connectivity index (χ4n) is 3.25. The van der Waals surface area contributed by atoms with Crippen LogP contribution in [-0.2, 0) is 29.4 Å². The number of hydrogen-bond donors (Lipinski definition) is 0. The monoisotopic (exact) mass is 458 g/mol. The molecule has 0 unspecified atom stereocenters. The Kier molecular flexibility index (Phi) is 5.52. The molecule has 2 heterocycles. The van der Waals surface area contributed by atoms with Gasteiger partial charge in [-0.2, -0.15) is 30.6 Å². The van der Waals surface area contributed by atoms with Crippen molar-refractivity contribution in [2.45, 2.75) is 36.1 Å². The van der Waals surface area contributed by atoms with Crippen LogP contribution in [0.4, 0.5) is 26.3 Å². The molecule has 30 heavy (non-hydrogen) atoms. The van der Waals surface area contributed by atoms with Crippen LogP contribution in [0.2, 0.25) is 0 Å². The molecular formula is C16H16F6N4O3S. The Morgan fingerprint density at radius 1 is 1.03 bits per heavy atom. The van der Waals surface area contributed by atoms with Gasteiger partial charge in [0.15, 0.2) is 0 Å². The minimum absolute atomic E-state index is 0.0214. The summed E-state index contributed by atoms with van der Waals surface area (Å²) >= 11 is 0. The number of sulfonamides is 1. The predicted molar refractivity (Wildman–Crippen MR) is 90.9 cm³/mol. The van der Waals surface area contributed by atoms with E-state index in [1.165, 1.54) is 0 Å². The highest BCUT2D eigenvalue weighted by molar-refractivity contribution is 7.89. The maximum atomic E-state index is 12.9. The maximum Gasteiger partial charge on any atom is 0.451 e. The van der Waals surface area contributed by atoms with E-state index in [0.29, 0.717) is 15.3 Å². The Morgan fingerprint density at radius 2 is 1.63 bits per heavy atom. The Balaban J connectivity index is 1.80. The van der Waals surface area contributed by atoms with Gasteiger partial charge in [-0.15, -0.1) is 5.10 Å². The standard InChI is InChI=1S/C16H16F6N4O3S/c1-24-13(16(20,21)22)23-26(14(24)27)11-5-7-25(8-6-11)30(28,29)12-4-2-3-10(9-12)15(17,18)19/h2-4,9,11H,5-8H2,1H3. The van der Waals surface area contributed by atoms with Crippen LogP contribution in [0.3, 0.4) is 0 Å². The number of nitrogens with zero attached hydrogens (tertiary/aromatic N) is 4. The van der Waals surface area contributed by atoms with Gasteiger partial charge in [-0.25, -0.2) is 17.9 Å². The first-order chi connectivity index (χ1) is 13.7. The van der Waals surface area contributed by atoms with Crippen LogP contribution in [0.5, 0.6) is 0 Å². The molecule has 0 amide bonds. The lowest BCUT2D eigenvalue weighted by atomic mass is 10.1. The van der Waals surface area contributed by atoms with Crippen LogP contribution in [0.1, 0.15) is 30.3 Å². The molecule has 3 rings (SSSR count). The summed E-state index contributed by atoms with van der Waals surface area (Å²) < 4.78 is 105. The van der Waals surface area contributed by atoms with Crippen molar-refractivity contribution in [1.29, 1.82) is 0 Å². The molecule has 166 valence electrons. The van der Waals surface area contributed by atoms with Gasteiger partial charge in [0.25, 0.3) is 0 Å². The van der Waals surface area contributed by atoms with Gasteiger partial charge in [0.1, 0.15) is 0 Å². The lowest BCUT2D eigenvalue weighted by Crippen LogP contribution is -2.41. The van der Waals surface area contributed by atoms with Crippen LogP contribution in [0.15, 0.2) is 34.0 Å². The predicted octanol–water partition coefficient (Wildman–Crippen LogP) is 2.65.